The second-order valence-corrected chi connectivity index (χ2v) is 10.1. The molecule has 0 saturated heterocycles. The molecule has 0 aliphatic carbocycles. The summed E-state index contributed by atoms with van der Waals surface area (Å²) in [5.74, 6) is 0. The van der Waals surface area contributed by atoms with Gasteiger partial charge in [-0.25, -0.2) is 4.98 Å². The van der Waals surface area contributed by atoms with Gasteiger partial charge in [-0.3, -0.25) is 9.38 Å². The predicted octanol–water partition coefficient (Wildman–Crippen LogP) is 5.12. The summed E-state index contributed by atoms with van der Waals surface area (Å²) in [7, 11) is -2.75. The second-order valence-electron chi connectivity index (χ2n) is 6.45. The highest BCUT2D eigenvalue weighted by molar-refractivity contribution is 9.10. The van der Waals surface area contributed by atoms with E-state index in [1.54, 1.807) is 18.6 Å². The van der Waals surface area contributed by atoms with Gasteiger partial charge in [0.2, 0.25) is 0 Å². The molecule has 0 spiro atoms. The zero-order chi connectivity index (χ0) is 22.2. The van der Waals surface area contributed by atoms with Crippen molar-refractivity contribution >= 4 is 61.0 Å². The van der Waals surface area contributed by atoms with Crippen LogP contribution in [-0.4, -0.2) is 40.5 Å². The maximum absolute atomic E-state index is 12.9. The van der Waals surface area contributed by atoms with Crippen LogP contribution < -0.4 is 0 Å². The summed E-state index contributed by atoms with van der Waals surface area (Å²) >= 11 is 15.5. The highest BCUT2D eigenvalue weighted by atomic mass is 79.9. The highest BCUT2D eigenvalue weighted by Gasteiger charge is 2.26. The Morgan fingerprint density at radius 2 is 1.87 bits per heavy atom. The van der Waals surface area contributed by atoms with Crippen LogP contribution in [0.4, 0.5) is 0 Å². The molecule has 7 nitrogen and oxygen atoms in total. The number of sulfonamides is 1. The van der Waals surface area contributed by atoms with E-state index in [1.165, 1.54) is 25.4 Å². The summed E-state index contributed by atoms with van der Waals surface area (Å²) in [6.45, 7) is 0. The molecule has 0 bridgehead atoms. The van der Waals surface area contributed by atoms with E-state index in [-0.39, 0.29) is 14.9 Å². The van der Waals surface area contributed by atoms with Crippen molar-refractivity contribution in [3.8, 4) is 11.1 Å². The molecule has 0 aliphatic rings. The first-order valence-corrected chi connectivity index (χ1v) is 11.8. The minimum absolute atomic E-state index is 0.00246. The van der Waals surface area contributed by atoms with E-state index in [4.69, 9.17) is 23.2 Å². The van der Waals surface area contributed by atoms with Crippen molar-refractivity contribution in [1.82, 2.24) is 18.8 Å². The zero-order valence-electron chi connectivity index (χ0n) is 15.9. The molecule has 0 fully saturated rings. The largest absolute Gasteiger partial charge is 0.298 e. The topological polar surface area (TPSA) is 79.9 Å². The fourth-order valence-electron chi connectivity index (χ4n) is 2.91. The van der Waals surface area contributed by atoms with Gasteiger partial charge in [0.1, 0.15) is 10.5 Å². The molecule has 4 aromatic rings. The molecule has 31 heavy (non-hydrogen) atoms. The van der Waals surface area contributed by atoms with Gasteiger partial charge in [-0.05, 0) is 30.3 Å². The second kappa shape index (κ2) is 8.58. The van der Waals surface area contributed by atoms with Crippen molar-refractivity contribution < 1.29 is 8.42 Å². The first kappa shape index (κ1) is 21.8. The Morgan fingerprint density at radius 1 is 1.13 bits per heavy atom. The fraction of sp³-hybridized carbons (Fsp3) is 0.0500. The number of pyridine rings is 2. The molecule has 4 rings (SSSR count). The highest BCUT2D eigenvalue weighted by Crippen LogP contribution is 2.34. The number of halogens is 3. The van der Waals surface area contributed by atoms with Crippen molar-refractivity contribution in [3.05, 3.63) is 81.4 Å². The molecule has 11 heteroatoms. The van der Waals surface area contributed by atoms with E-state index in [9.17, 15) is 8.42 Å². The third-order valence-electron chi connectivity index (χ3n) is 4.45. The molecule has 0 N–H and O–H groups in total. The van der Waals surface area contributed by atoms with Crippen molar-refractivity contribution in [1.29, 1.82) is 0 Å². The van der Waals surface area contributed by atoms with Crippen LogP contribution in [0.5, 0.6) is 0 Å². The quantitative estimate of drug-likeness (QED) is 0.261. The number of benzene rings is 1. The van der Waals surface area contributed by atoms with Gasteiger partial charge in [-0.1, -0.05) is 45.2 Å². The molecule has 0 amide bonds. The van der Waals surface area contributed by atoms with Gasteiger partial charge in [0, 0.05) is 41.2 Å². The molecule has 3 heterocycles. The first-order valence-electron chi connectivity index (χ1n) is 8.82. The van der Waals surface area contributed by atoms with E-state index in [2.05, 4.69) is 31.0 Å². The molecule has 0 atom stereocenters. The minimum Gasteiger partial charge on any atom is -0.298 e. The van der Waals surface area contributed by atoms with E-state index >= 15 is 0 Å². The Kier molecular flexibility index (Phi) is 6.02. The summed E-state index contributed by atoms with van der Waals surface area (Å²) < 4.78 is 29.1. The predicted molar refractivity (Wildman–Crippen MR) is 125 cm³/mol. The maximum atomic E-state index is 12.9. The summed E-state index contributed by atoms with van der Waals surface area (Å²) in [6.07, 6.45) is 8.37. The van der Waals surface area contributed by atoms with Crippen molar-refractivity contribution in [2.75, 3.05) is 7.05 Å². The van der Waals surface area contributed by atoms with Crippen molar-refractivity contribution in [3.63, 3.8) is 0 Å². The van der Waals surface area contributed by atoms with Crippen LogP contribution in [0.15, 0.2) is 75.7 Å². The molecule has 0 radical (unpaired) electrons. The van der Waals surface area contributed by atoms with Crippen LogP contribution in [0.3, 0.4) is 0 Å². The Balaban J connectivity index is 1.68. The van der Waals surface area contributed by atoms with Crippen LogP contribution >= 0.6 is 39.1 Å². The summed E-state index contributed by atoms with van der Waals surface area (Å²) in [6, 6.07) is 10.5. The molecule has 1 aromatic carbocycles. The third kappa shape index (κ3) is 4.31. The number of fused-ring (bicyclic) bond motifs is 1. The van der Waals surface area contributed by atoms with E-state index in [0.29, 0.717) is 15.8 Å². The molecule has 3 aromatic heterocycles. The van der Waals surface area contributed by atoms with Gasteiger partial charge in [0.25, 0.3) is 10.0 Å². The standard InChI is InChI=1S/C20H14BrCl2N5O2S/c1-27(31(29,30)20-17(22)7-15(21)8-18(20)23)26-11-16-10-25-19-5-4-14(12-28(16)19)13-3-2-6-24-9-13/h2-12H,1H3/b26-11+. The monoisotopic (exact) mass is 537 g/mol. The van der Waals surface area contributed by atoms with Gasteiger partial charge in [0.05, 0.1) is 28.2 Å². The van der Waals surface area contributed by atoms with Crippen LogP contribution in [-0.2, 0) is 10.0 Å². The lowest BCUT2D eigenvalue weighted by Crippen LogP contribution is -2.22. The van der Waals surface area contributed by atoms with Crippen LogP contribution in [0, 0.1) is 0 Å². The van der Waals surface area contributed by atoms with Gasteiger partial charge in [0.15, 0.2) is 0 Å². The number of nitrogens with zero attached hydrogens (tertiary/aromatic N) is 5. The molecule has 158 valence electrons. The molecule has 0 saturated carbocycles. The summed E-state index contributed by atoms with van der Waals surface area (Å²) in [5, 5.41) is 4.09. The maximum Gasteiger partial charge on any atom is 0.281 e. The zero-order valence-corrected chi connectivity index (χ0v) is 19.9. The smallest absolute Gasteiger partial charge is 0.281 e. The number of hydrogen-bond acceptors (Lipinski definition) is 5. The lowest BCUT2D eigenvalue weighted by Gasteiger charge is -2.16. The fourth-order valence-corrected chi connectivity index (χ4v) is 5.75. The van der Waals surface area contributed by atoms with Crippen LogP contribution in [0.1, 0.15) is 5.69 Å². The third-order valence-corrected chi connectivity index (χ3v) is 7.47. The van der Waals surface area contributed by atoms with Gasteiger partial charge in [-0.2, -0.15) is 17.9 Å². The molecule has 0 aliphatic heterocycles. The van der Waals surface area contributed by atoms with E-state index in [1.807, 2.05) is 34.9 Å². The molecular weight excluding hydrogens is 525 g/mol. The van der Waals surface area contributed by atoms with Crippen molar-refractivity contribution in [2.24, 2.45) is 5.10 Å². The van der Waals surface area contributed by atoms with E-state index < -0.39 is 10.0 Å². The minimum atomic E-state index is -4.06. The number of rotatable bonds is 5. The van der Waals surface area contributed by atoms with Crippen LogP contribution in [0.25, 0.3) is 16.8 Å². The van der Waals surface area contributed by atoms with Crippen LogP contribution in [0.2, 0.25) is 10.0 Å². The molecule has 0 unspecified atom stereocenters. The van der Waals surface area contributed by atoms with Gasteiger partial charge in [-0.15, -0.1) is 0 Å². The SMILES string of the molecule is CN(/N=C/c1cnc2ccc(-c3cccnc3)cn12)S(=O)(=O)c1c(Cl)cc(Br)cc1Cl. The summed E-state index contributed by atoms with van der Waals surface area (Å²) in [5.41, 5.74) is 3.16. The Bertz CT molecular complexity index is 1380. The average Bonchev–Trinajstić information content (AvgIpc) is 3.13. The molecular formula is C20H14BrCl2N5O2S. The number of hydrogen-bond donors (Lipinski definition) is 0. The lowest BCUT2D eigenvalue weighted by molar-refractivity contribution is 0.491. The summed E-state index contributed by atoms with van der Waals surface area (Å²) in [4.78, 5) is 8.26. The van der Waals surface area contributed by atoms with Gasteiger partial charge >= 0.3 is 0 Å². The Morgan fingerprint density at radius 3 is 2.55 bits per heavy atom. The Labute approximate surface area is 197 Å². The van der Waals surface area contributed by atoms with Gasteiger partial charge < -0.3 is 0 Å². The first-order chi connectivity index (χ1) is 14.8. The number of aromatic nitrogens is 3. The average molecular weight is 539 g/mol. The number of hydrazone groups is 1. The lowest BCUT2D eigenvalue weighted by atomic mass is 10.1. The van der Waals surface area contributed by atoms with E-state index in [0.717, 1.165) is 15.5 Å². The van der Waals surface area contributed by atoms with Crippen molar-refractivity contribution in [2.45, 2.75) is 4.90 Å². The number of imidazole rings is 1. The normalized spacial score (nSPS) is 12.0. The Hall–Kier alpha value is -2.46.